The van der Waals surface area contributed by atoms with Gasteiger partial charge in [0, 0.05) is 83.0 Å². The number of fused-ring (bicyclic) bond motifs is 4. The average molecular weight is 2280 g/mol. The van der Waals surface area contributed by atoms with Gasteiger partial charge in [0.05, 0.1) is 0 Å². The van der Waals surface area contributed by atoms with E-state index in [1.165, 1.54) is 0 Å². The molecule has 28 rings (SSSR count). The molecule has 736 valence electrons. The van der Waals surface area contributed by atoms with Gasteiger partial charge in [0.25, 0.3) is 0 Å². The van der Waals surface area contributed by atoms with Crippen molar-refractivity contribution in [2.24, 2.45) is 0 Å². The molecule has 12 saturated heterocycles. The summed E-state index contributed by atoms with van der Waals surface area (Å²) in [5.74, 6) is 0. The molecule has 0 saturated carbocycles. The SMILES string of the molecule is O[Si]1(O)O[Si]2(c3ccccc3)O[Si]3(c4ccccc4)O[Si]4(c5ccccc5)O[Si]5(O[Si]6(c7ccccc7)O[Si](c7ccccc7)(O[Si](c7ccccc7)(O1)O[Si](c1ccccc1)(O6)O[Si](c1ccccc1)(O2)O4)O3)O[Si]1(c2ccccc2)O[Si]2(c3ccccc3)O[Si]3(c4ccccc4)O[Si](O)(O)O[Si]4(c6ccccc6)O[Si](c6ccccc6)(O[Si](c6ccccc6)(O5)O[Si](c5ccccc5)(O4)O[Si](c4ccccc4)(O3)O1)O2. The molecule has 8 atom stereocenters. The molecule has 12 aliphatic rings. The quantitative estimate of drug-likeness (QED) is 0.101. The number of benzene rings is 16. The van der Waals surface area contributed by atoms with Crippen LogP contribution in [0, 0.1) is 0 Å². The molecule has 4 N–H and O–H groups in total. The average Bonchev–Trinajstić information content (AvgIpc) is 0.668. The molecule has 0 radical (unpaired) electrons. The summed E-state index contributed by atoms with van der Waals surface area (Å²) >= 11 is 0. The van der Waals surface area contributed by atoms with E-state index in [4.69, 9.17) is 65.8 Å². The molecule has 32 nitrogen and oxygen atoms in total. The summed E-state index contributed by atoms with van der Waals surface area (Å²) in [6.07, 6.45) is 0. The minimum absolute atomic E-state index is 0.00207. The van der Waals surface area contributed by atoms with Gasteiger partial charge in [-0.25, -0.2) is 0 Å². The van der Waals surface area contributed by atoms with Crippen LogP contribution >= 0.6 is 0 Å². The molecule has 0 aromatic heterocycles. The Labute approximate surface area is 863 Å². The van der Waals surface area contributed by atoms with Crippen LogP contribution in [-0.4, -0.2) is 187 Å². The predicted octanol–water partition coefficient (Wildman–Crippen LogP) is 2.40. The molecular formula is C96H84O32Si19. The topological polar surface area (TPSA) is 339 Å². The van der Waals surface area contributed by atoms with Gasteiger partial charge in [0.1, 0.15) is 0 Å². The molecule has 16 aromatic rings. The third-order valence-electron chi connectivity index (χ3n) is 25.5. The van der Waals surface area contributed by atoms with E-state index in [-0.39, 0.29) is 83.0 Å². The van der Waals surface area contributed by atoms with Crippen molar-refractivity contribution in [3.8, 4) is 0 Å². The van der Waals surface area contributed by atoms with Crippen molar-refractivity contribution in [1.82, 2.24) is 0 Å². The Bertz CT molecular complexity index is 6360. The monoisotopic (exact) mass is 2280 g/mol. The molecular weight excluding hydrogens is 2200 g/mol. The molecule has 1 spiro atoms. The van der Waals surface area contributed by atoms with E-state index in [2.05, 4.69) is 0 Å². The lowest BCUT2D eigenvalue weighted by Gasteiger charge is -2.61. The third-order valence-corrected chi connectivity index (χ3v) is 102. The zero-order valence-electron chi connectivity index (χ0n) is 76.9. The van der Waals surface area contributed by atoms with Crippen LogP contribution in [0.2, 0.25) is 0 Å². The highest BCUT2D eigenvalue weighted by Crippen LogP contribution is 2.53. The van der Waals surface area contributed by atoms with Crippen LogP contribution in [0.3, 0.4) is 0 Å². The van der Waals surface area contributed by atoms with Gasteiger partial charge < -0.3 is 134 Å². The highest BCUT2D eigenvalue weighted by atomic mass is 28.7. The second-order valence-electron chi connectivity index (χ2n) is 35.2. The zero-order chi connectivity index (χ0) is 99.1. The van der Waals surface area contributed by atoms with Crippen LogP contribution in [0.15, 0.2) is 485 Å². The van der Waals surface area contributed by atoms with E-state index in [0.29, 0.717) is 0 Å². The molecule has 12 aliphatic heterocycles. The molecule has 0 aliphatic carbocycles. The summed E-state index contributed by atoms with van der Waals surface area (Å²) in [6.45, 7) is 0. The molecule has 12 heterocycles. The van der Waals surface area contributed by atoms with Crippen LogP contribution in [0.25, 0.3) is 0 Å². The molecule has 16 bridgehead atoms. The number of hydrogen-bond donors (Lipinski definition) is 4. The fourth-order valence-corrected chi connectivity index (χ4v) is 121. The largest absolute Gasteiger partial charge is 0.659 e. The van der Waals surface area contributed by atoms with Gasteiger partial charge in [-0.2, -0.15) is 0 Å². The van der Waals surface area contributed by atoms with E-state index >= 15 is 0 Å². The predicted molar refractivity (Wildman–Crippen MR) is 566 cm³/mol. The molecule has 8 unspecified atom stereocenters. The van der Waals surface area contributed by atoms with Gasteiger partial charge in [-0.05, 0) is 0 Å². The van der Waals surface area contributed by atoms with Gasteiger partial charge in [-0.1, -0.05) is 485 Å². The Kier molecular flexibility index (Phi) is 24.3. The minimum atomic E-state index is -7.33. The van der Waals surface area contributed by atoms with E-state index in [1.54, 1.807) is 485 Å². The van der Waals surface area contributed by atoms with E-state index < -0.39 is 168 Å². The first kappa shape index (κ1) is 96.9. The molecule has 12 fully saturated rings. The standard InChI is InChI=1S/C96H84O32Si19/c97-145(98)121-137(89-65-33-9-34-66-89)105-129(81-49-17-1-18-50-81)101-130(82-51-19-2-20-52-82)106-138(122-145,90-67-35-10-36-68-90)108-132(84-55-23-4-24-56-84)102-131(107-137,83-53-21-3-22-54-83)115-141(113-129,93-73-41-13-42-74-93)125-147(126-142(114-130,116-132)94-75-43-14-44-76-94)127-143(95-77-45-15-46-78-95)117-133(85-57-25-5-26-58-85)103-134(86-59-27-6-28-60-86)110-140(92-71-39-12-40-72-92)112-136(88-63-31-8-32-64-88,120-144(118-134,128-147)96-79-47-16-48-80-96)104-135(119-143,87-61-29-7-30-62-87)111-139(109-133,123-146(99,100)124-140)91-69-37-11-38-70-91/h1-80,97-100H. The lowest BCUT2D eigenvalue weighted by molar-refractivity contribution is -0.0245. The van der Waals surface area contributed by atoms with Gasteiger partial charge >= 0.3 is 168 Å². The van der Waals surface area contributed by atoms with E-state index in [0.717, 1.165) is 0 Å². The maximum atomic E-state index is 14.4. The van der Waals surface area contributed by atoms with Gasteiger partial charge in [-0.3, -0.25) is 0 Å². The molecule has 51 heteroatoms. The van der Waals surface area contributed by atoms with Crippen LogP contribution in [-0.2, 0) is 115 Å². The molecule has 147 heavy (non-hydrogen) atoms. The summed E-state index contributed by atoms with van der Waals surface area (Å²) < 4.78 is 246. The van der Waals surface area contributed by atoms with Gasteiger partial charge in [0.15, 0.2) is 0 Å². The summed E-state index contributed by atoms with van der Waals surface area (Å²) in [4.78, 5) is 57.6. The van der Waals surface area contributed by atoms with Crippen molar-refractivity contribution in [3.05, 3.63) is 485 Å². The third kappa shape index (κ3) is 16.8. The van der Waals surface area contributed by atoms with Crippen LogP contribution < -0.4 is 83.0 Å². The Hall–Kier alpha value is -9.64. The van der Waals surface area contributed by atoms with Crippen molar-refractivity contribution in [1.29, 1.82) is 0 Å². The first-order chi connectivity index (χ1) is 71.5. The van der Waals surface area contributed by atoms with Gasteiger partial charge in [0.2, 0.25) is 0 Å². The van der Waals surface area contributed by atoms with Gasteiger partial charge in [-0.15, -0.1) is 0 Å². The fourth-order valence-electron chi connectivity index (χ4n) is 19.2. The maximum absolute atomic E-state index is 14.4. The van der Waals surface area contributed by atoms with Crippen molar-refractivity contribution in [2.45, 2.75) is 0 Å². The summed E-state index contributed by atoms with van der Waals surface area (Å²) in [5.41, 5.74) is 0. The van der Waals surface area contributed by atoms with Crippen LogP contribution in [0.1, 0.15) is 0 Å². The highest BCUT2D eigenvalue weighted by molar-refractivity contribution is 7.16. The van der Waals surface area contributed by atoms with E-state index in [1.807, 2.05) is 0 Å². The Balaban J connectivity index is 0.927. The van der Waals surface area contributed by atoms with Crippen LogP contribution in [0.5, 0.6) is 0 Å². The summed E-state index contributed by atoms with van der Waals surface area (Å²) in [6, 6.07) is 138. The fraction of sp³-hybridized carbons (Fsp3) is 0. The van der Waals surface area contributed by atoms with Crippen LogP contribution in [0.4, 0.5) is 0 Å². The van der Waals surface area contributed by atoms with Crippen molar-refractivity contribution in [3.63, 3.8) is 0 Å². The molecule has 16 aromatic carbocycles. The first-order valence-electron chi connectivity index (χ1n) is 46.9. The van der Waals surface area contributed by atoms with Crippen molar-refractivity contribution in [2.75, 3.05) is 0 Å². The summed E-state index contributed by atoms with van der Waals surface area (Å²) in [5, 5.41) is 0.630. The summed E-state index contributed by atoms with van der Waals surface area (Å²) in [7, 11) is -121. The second kappa shape index (κ2) is 36.9. The Morgan fingerprint density at radius 1 is 0.0884 bits per heavy atom. The lowest BCUT2D eigenvalue weighted by atomic mass is 10.4. The Morgan fingerprint density at radius 2 is 0.156 bits per heavy atom. The highest BCUT2D eigenvalue weighted by Gasteiger charge is 2.91. The smallest absolute Gasteiger partial charge is 0.368 e. The van der Waals surface area contributed by atoms with Crippen molar-refractivity contribution < 1.29 is 134 Å². The molecule has 0 amide bonds. The lowest BCUT2D eigenvalue weighted by Crippen LogP contribution is -2.95. The first-order valence-corrected chi connectivity index (χ1v) is 79.5. The minimum Gasteiger partial charge on any atom is -0.368 e. The Morgan fingerprint density at radius 3 is 0.238 bits per heavy atom. The van der Waals surface area contributed by atoms with Crippen molar-refractivity contribution >= 4 is 251 Å². The maximum Gasteiger partial charge on any atom is 0.659 e. The second-order valence-corrected chi connectivity index (χ2v) is 88.3. The number of hydrogen-bond acceptors (Lipinski definition) is 32. The normalized spacial score (nSPS) is 34.5. The number of rotatable bonds is 16. The zero-order valence-corrected chi connectivity index (χ0v) is 95.9. The van der Waals surface area contributed by atoms with E-state index in [9.17, 15) is 68.6 Å².